The van der Waals surface area contributed by atoms with E-state index in [1.54, 1.807) is 11.8 Å². The average Bonchev–Trinajstić information content (AvgIpc) is 2.43. The fourth-order valence-corrected chi connectivity index (χ4v) is 3.21. The number of pyridine rings is 1. The highest BCUT2D eigenvalue weighted by molar-refractivity contribution is 9.10. The van der Waals surface area contributed by atoms with Crippen molar-refractivity contribution >= 4 is 27.7 Å². The molecule has 0 aliphatic heterocycles. The lowest BCUT2D eigenvalue weighted by Crippen LogP contribution is -2.19. The summed E-state index contributed by atoms with van der Waals surface area (Å²) in [6.07, 6.45) is 1.85. The van der Waals surface area contributed by atoms with Gasteiger partial charge in [-0.1, -0.05) is 43.8 Å². The van der Waals surface area contributed by atoms with Gasteiger partial charge in [-0.25, -0.2) is 4.98 Å². The molecule has 1 aromatic heterocycles. The molecule has 0 aliphatic rings. The van der Waals surface area contributed by atoms with Crippen molar-refractivity contribution in [2.45, 2.75) is 30.3 Å². The van der Waals surface area contributed by atoms with Gasteiger partial charge in [0.05, 0.1) is 0 Å². The van der Waals surface area contributed by atoms with Gasteiger partial charge in [0, 0.05) is 22.1 Å². The first-order valence-corrected chi connectivity index (χ1v) is 8.34. The predicted molar refractivity (Wildman–Crippen MR) is 89.0 cm³/mol. The number of halogens is 1. The van der Waals surface area contributed by atoms with Crippen LogP contribution in [0.4, 0.5) is 0 Å². The van der Waals surface area contributed by atoms with Crippen LogP contribution in [0.25, 0.3) is 0 Å². The maximum absolute atomic E-state index is 4.51. The SMILES string of the molecule is CC(C)CNCc1cccnc1Sc1ccccc1Br. The summed E-state index contributed by atoms with van der Waals surface area (Å²) >= 11 is 5.29. The van der Waals surface area contributed by atoms with Crippen LogP contribution in [0.3, 0.4) is 0 Å². The van der Waals surface area contributed by atoms with Crippen LogP contribution in [-0.2, 0) is 6.54 Å². The molecule has 0 atom stereocenters. The molecule has 0 fully saturated rings. The Balaban J connectivity index is 2.10. The number of benzene rings is 1. The first-order valence-electron chi connectivity index (χ1n) is 6.74. The monoisotopic (exact) mass is 350 g/mol. The normalized spacial score (nSPS) is 11.0. The van der Waals surface area contributed by atoms with Gasteiger partial charge < -0.3 is 5.32 Å². The van der Waals surface area contributed by atoms with Gasteiger partial charge in [0.15, 0.2) is 0 Å². The molecule has 0 spiro atoms. The van der Waals surface area contributed by atoms with Crippen molar-refractivity contribution in [2.75, 3.05) is 6.54 Å². The van der Waals surface area contributed by atoms with Crippen molar-refractivity contribution in [3.05, 3.63) is 52.6 Å². The molecular weight excluding hydrogens is 332 g/mol. The third-order valence-electron chi connectivity index (χ3n) is 2.76. The van der Waals surface area contributed by atoms with Crippen LogP contribution in [0, 0.1) is 5.92 Å². The minimum atomic E-state index is 0.658. The fraction of sp³-hybridized carbons (Fsp3) is 0.312. The van der Waals surface area contributed by atoms with Gasteiger partial charge in [0.1, 0.15) is 5.03 Å². The van der Waals surface area contributed by atoms with E-state index in [1.165, 1.54) is 10.5 Å². The summed E-state index contributed by atoms with van der Waals surface area (Å²) < 4.78 is 1.11. The van der Waals surface area contributed by atoms with Crippen LogP contribution in [0.2, 0.25) is 0 Å². The van der Waals surface area contributed by atoms with E-state index in [2.05, 4.69) is 58.3 Å². The van der Waals surface area contributed by atoms with E-state index >= 15 is 0 Å². The zero-order chi connectivity index (χ0) is 14.4. The van der Waals surface area contributed by atoms with Gasteiger partial charge in [-0.05, 0) is 52.2 Å². The van der Waals surface area contributed by atoms with E-state index in [9.17, 15) is 0 Å². The van der Waals surface area contributed by atoms with Gasteiger partial charge in [-0.2, -0.15) is 0 Å². The predicted octanol–water partition coefficient (Wildman–Crippen LogP) is 4.74. The summed E-state index contributed by atoms with van der Waals surface area (Å²) in [5.74, 6) is 0.658. The average molecular weight is 351 g/mol. The Morgan fingerprint density at radius 3 is 2.75 bits per heavy atom. The first-order chi connectivity index (χ1) is 9.66. The minimum absolute atomic E-state index is 0.658. The van der Waals surface area contributed by atoms with Crippen LogP contribution in [-0.4, -0.2) is 11.5 Å². The number of nitrogens with one attached hydrogen (secondary N) is 1. The molecule has 0 unspecified atom stereocenters. The van der Waals surface area contributed by atoms with Crippen molar-refractivity contribution in [1.29, 1.82) is 0 Å². The lowest BCUT2D eigenvalue weighted by atomic mass is 10.2. The number of hydrogen-bond acceptors (Lipinski definition) is 3. The molecule has 4 heteroatoms. The highest BCUT2D eigenvalue weighted by Crippen LogP contribution is 2.33. The standard InChI is InChI=1S/C16H19BrN2S/c1-12(2)10-18-11-13-6-5-9-19-16(13)20-15-8-4-3-7-14(15)17/h3-9,12,18H,10-11H2,1-2H3. The zero-order valence-electron chi connectivity index (χ0n) is 11.8. The first kappa shape index (κ1) is 15.5. The van der Waals surface area contributed by atoms with E-state index in [0.29, 0.717) is 5.92 Å². The smallest absolute Gasteiger partial charge is 0.105 e. The second-order valence-electron chi connectivity index (χ2n) is 5.02. The van der Waals surface area contributed by atoms with Gasteiger partial charge in [0.2, 0.25) is 0 Å². The largest absolute Gasteiger partial charge is 0.312 e. The Morgan fingerprint density at radius 2 is 2.00 bits per heavy atom. The van der Waals surface area contributed by atoms with E-state index in [0.717, 1.165) is 22.6 Å². The van der Waals surface area contributed by atoms with Gasteiger partial charge >= 0.3 is 0 Å². The maximum Gasteiger partial charge on any atom is 0.105 e. The molecule has 0 bridgehead atoms. The van der Waals surface area contributed by atoms with Crippen molar-refractivity contribution in [1.82, 2.24) is 10.3 Å². The van der Waals surface area contributed by atoms with E-state index in [1.807, 2.05) is 24.4 Å². The fourth-order valence-electron chi connectivity index (χ4n) is 1.78. The highest BCUT2D eigenvalue weighted by atomic mass is 79.9. The van der Waals surface area contributed by atoms with Gasteiger partial charge in [-0.15, -0.1) is 0 Å². The van der Waals surface area contributed by atoms with Crippen molar-refractivity contribution < 1.29 is 0 Å². The van der Waals surface area contributed by atoms with Gasteiger partial charge in [-0.3, -0.25) is 0 Å². The summed E-state index contributed by atoms with van der Waals surface area (Å²) in [6, 6.07) is 12.4. The third kappa shape index (κ3) is 4.62. The molecule has 2 aromatic rings. The minimum Gasteiger partial charge on any atom is -0.312 e. The van der Waals surface area contributed by atoms with Crippen LogP contribution in [0.5, 0.6) is 0 Å². The van der Waals surface area contributed by atoms with E-state index < -0.39 is 0 Å². The molecule has 0 radical (unpaired) electrons. The highest BCUT2D eigenvalue weighted by Gasteiger charge is 2.07. The Morgan fingerprint density at radius 1 is 1.20 bits per heavy atom. The molecule has 1 N–H and O–H groups in total. The number of nitrogens with zero attached hydrogens (tertiary/aromatic N) is 1. The molecule has 2 rings (SSSR count). The lowest BCUT2D eigenvalue weighted by molar-refractivity contribution is 0.549. The maximum atomic E-state index is 4.51. The number of aromatic nitrogens is 1. The molecule has 0 saturated carbocycles. The Kier molecular flexibility index (Phi) is 6.07. The van der Waals surface area contributed by atoms with Crippen molar-refractivity contribution in [2.24, 2.45) is 5.92 Å². The van der Waals surface area contributed by atoms with E-state index in [-0.39, 0.29) is 0 Å². The number of rotatable bonds is 6. The zero-order valence-corrected chi connectivity index (χ0v) is 14.2. The molecule has 106 valence electrons. The van der Waals surface area contributed by atoms with E-state index in [4.69, 9.17) is 0 Å². The Hall–Kier alpha value is -0.840. The molecule has 1 aromatic carbocycles. The second kappa shape index (κ2) is 7.81. The van der Waals surface area contributed by atoms with Crippen molar-refractivity contribution in [3.63, 3.8) is 0 Å². The topological polar surface area (TPSA) is 24.9 Å². The van der Waals surface area contributed by atoms with Crippen LogP contribution >= 0.6 is 27.7 Å². The summed E-state index contributed by atoms with van der Waals surface area (Å²) in [5, 5.41) is 4.54. The molecule has 0 aliphatic carbocycles. The Labute approximate surface area is 133 Å². The molecule has 1 heterocycles. The summed E-state index contributed by atoms with van der Waals surface area (Å²) in [7, 11) is 0. The lowest BCUT2D eigenvalue weighted by Gasteiger charge is -2.11. The Bertz CT molecular complexity index is 558. The van der Waals surface area contributed by atoms with Gasteiger partial charge in [0.25, 0.3) is 0 Å². The quantitative estimate of drug-likeness (QED) is 0.814. The molecular formula is C16H19BrN2S. The molecule has 0 amide bonds. The summed E-state index contributed by atoms with van der Waals surface area (Å²) in [5.41, 5.74) is 1.24. The second-order valence-corrected chi connectivity index (χ2v) is 6.91. The van der Waals surface area contributed by atoms with Crippen molar-refractivity contribution in [3.8, 4) is 0 Å². The molecule has 2 nitrogen and oxygen atoms in total. The van der Waals surface area contributed by atoms with Crippen LogP contribution in [0.15, 0.2) is 57.0 Å². The van der Waals surface area contributed by atoms with Crippen LogP contribution in [0.1, 0.15) is 19.4 Å². The summed E-state index contributed by atoms with van der Waals surface area (Å²) in [6.45, 7) is 6.31. The molecule has 0 saturated heterocycles. The third-order valence-corrected chi connectivity index (χ3v) is 4.85. The van der Waals surface area contributed by atoms with Crippen LogP contribution < -0.4 is 5.32 Å². The number of hydrogen-bond donors (Lipinski definition) is 1. The molecule has 20 heavy (non-hydrogen) atoms. The summed E-state index contributed by atoms with van der Waals surface area (Å²) in [4.78, 5) is 5.71.